The molecule has 1 unspecified atom stereocenters. The second-order valence-corrected chi connectivity index (χ2v) is 7.20. The highest BCUT2D eigenvalue weighted by atomic mass is 127. The fourth-order valence-corrected chi connectivity index (χ4v) is 4.07. The normalized spacial score (nSPS) is 22.5. The second-order valence-electron chi connectivity index (χ2n) is 4.06. The van der Waals surface area contributed by atoms with Crippen LogP contribution in [0.5, 0.6) is 0 Å². The van der Waals surface area contributed by atoms with Gasteiger partial charge in [0, 0.05) is 16.2 Å². The van der Waals surface area contributed by atoms with Crippen LogP contribution >= 0.6 is 22.6 Å². The summed E-state index contributed by atoms with van der Waals surface area (Å²) in [6.45, 7) is 2.62. The fourth-order valence-electron chi connectivity index (χ4n) is 2.01. The average molecular weight is 351 g/mol. The Hall–Kier alpha value is -0.140. The number of halogens is 1. The Morgan fingerprint density at radius 3 is 2.44 bits per heavy atom. The third-order valence-corrected chi connectivity index (χ3v) is 5.66. The fraction of sp³-hybridized carbons (Fsp3) is 0.455. The van der Waals surface area contributed by atoms with Crippen LogP contribution in [0.15, 0.2) is 29.2 Å². The summed E-state index contributed by atoms with van der Waals surface area (Å²) in [5.74, 6) is 0. The maximum atomic E-state index is 12.3. The highest BCUT2D eigenvalue weighted by Crippen LogP contribution is 2.25. The Bertz CT molecular complexity index is 469. The smallest absolute Gasteiger partial charge is 0.207 e. The molecule has 1 aromatic rings. The molecule has 1 aliphatic heterocycles. The monoisotopic (exact) mass is 351 g/mol. The van der Waals surface area contributed by atoms with E-state index in [1.54, 1.807) is 16.4 Å². The lowest BCUT2D eigenvalue weighted by molar-refractivity contribution is 0.408. The van der Waals surface area contributed by atoms with Gasteiger partial charge in [0.2, 0.25) is 10.0 Å². The molecule has 1 aliphatic rings. The van der Waals surface area contributed by atoms with Crippen LogP contribution in [-0.4, -0.2) is 25.3 Å². The molecule has 2 rings (SSSR count). The number of hydrogen-bond acceptors (Lipinski definition) is 2. The van der Waals surface area contributed by atoms with Gasteiger partial charge in [-0.2, -0.15) is 4.31 Å². The van der Waals surface area contributed by atoms with Crippen LogP contribution in [-0.2, 0) is 10.0 Å². The van der Waals surface area contributed by atoms with Crippen molar-refractivity contribution < 1.29 is 8.42 Å². The third-order valence-electron chi connectivity index (χ3n) is 2.91. The van der Waals surface area contributed by atoms with Gasteiger partial charge in [0.05, 0.1) is 4.90 Å². The summed E-state index contributed by atoms with van der Waals surface area (Å²) in [4.78, 5) is 0.404. The number of benzene rings is 1. The summed E-state index contributed by atoms with van der Waals surface area (Å²) in [7, 11) is -3.27. The molecule has 1 atom stereocenters. The van der Waals surface area contributed by atoms with Gasteiger partial charge < -0.3 is 0 Å². The molecule has 0 saturated carbocycles. The van der Waals surface area contributed by atoms with Crippen molar-refractivity contribution in [3.63, 3.8) is 0 Å². The Morgan fingerprint density at radius 1 is 1.31 bits per heavy atom. The molecule has 0 spiro atoms. The first kappa shape index (κ1) is 12.3. The molecule has 1 fully saturated rings. The van der Waals surface area contributed by atoms with Gasteiger partial charge in [-0.15, -0.1) is 0 Å². The highest BCUT2D eigenvalue weighted by molar-refractivity contribution is 14.1. The lowest BCUT2D eigenvalue weighted by Crippen LogP contribution is -2.33. The average Bonchev–Trinajstić information content (AvgIpc) is 2.66. The summed E-state index contributed by atoms with van der Waals surface area (Å²) >= 11 is 2.17. The van der Waals surface area contributed by atoms with E-state index in [1.807, 2.05) is 19.1 Å². The molecule has 0 bridgehead atoms. The molecular formula is C11H14INO2S. The molecule has 1 aromatic carbocycles. The lowest BCUT2D eigenvalue weighted by Gasteiger charge is -2.20. The van der Waals surface area contributed by atoms with Crippen LogP contribution in [0, 0.1) is 3.57 Å². The summed E-state index contributed by atoms with van der Waals surface area (Å²) in [6.07, 6.45) is 1.92. The van der Waals surface area contributed by atoms with Crippen molar-refractivity contribution in [3.05, 3.63) is 27.8 Å². The number of sulfonamides is 1. The van der Waals surface area contributed by atoms with Gasteiger partial charge in [0.25, 0.3) is 0 Å². The van der Waals surface area contributed by atoms with Crippen LogP contribution < -0.4 is 0 Å². The van der Waals surface area contributed by atoms with E-state index in [1.165, 1.54) is 0 Å². The summed E-state index contributed by atoms with van der Waals surface area (Å²) in [5.41, 5.74) is 0. The van der Waals surface area contributed by atoms with E-state index in [-0.39, 0.29) is 6.04 Å². The van der Waals surface area contributed by atoms with E-state index in [0.29, 0.717) is 11.4 Å². The Labute approximate surface area is 110 Å². The predicted molar refractivity (Wildman–Crippen MR) is 71.7 cm³/mol. The quantitative estimate of drug-likeness (QED) is 0.768. The summed E-state index contributed by atoms with van der Waals surface area (Å²) in [6, 6.07) is 7.15. The molecule has 3 nitrogen and oxygen atoms in total. The maximum absolute atomic E-state index is 12.3. The third kappa shape index (κ3) is 2.26. The molecule has 0 amide bonds. The van der Waals surface area contributed by atoms with Crippen LogP contribution in [0.2, 0.25) is 0 Å². The molecule has 0 N–H and O–H groups in total. The van der Waals surface area contributed by atoms with Crippen LogP contribution in [0.4, 0.5) is 0 Å². The highest BCUT2D eigenvalue weighted by Gasteiger charge is 2.32. The molecule has 88 valence electrons. The van der Waals surface area contributed by atoms with Gasteiger partial charge in [-0.1, -0.05) is 0 Å². The molecule has 0 aliphatic carbocycles. The SMILES string of the molecule is CC1CCCN1S(=O)(=O)c1ccc(I)cc1. The van der Waals surface area contributed by atoms with Gasteiger partial charge in [-0.05, 0) is 66.6 Å². The lowest BCUT2D eigenvalue weighted by atomic mass is 10.3. The van der Waals surface area contributed by atoms with Crippen molar-refractivity contribution >= 4 is 32.6 Å². The van der Waals surface area contributed by atoms with E-state index < -0.39 is 10.0 Å². The van der Waals surface area contributed by atoms with Crippen molar-refractivity contribution in [2.75, 3.05) is 6.54 Å². The van der Waals surface area contributed by atoms with Crippen molar-refractivity contribution in [2.24, 2.45) is 0 Å². The van der Waals surface area contributed by atoms with Gasteiger partial charge in [-0.3, -0.25) is 0 Å². The molecule has 1 heterocycles. The molecular weight excluding hydrogens is 337 g/mol. The van der Waals surface area contributed by atoms with Crippen LogP contribution in [0.1, 0.15) is 19.8 Å². The molecule has 0 aromatic heterocycles. The summed E-state index contributed by atoms with van der Waals surface area (Å²) in [5, 5.41) is 0. The standard InChI is InChI=1S/C11H14INO2S/c1-9-3-2-8-13(9)16(14,15)11-6-4-10(12)5-7-11/h4-7,9H,2-3,8H2,1H3. The van der Waals surface area contributed by atoms with Gasteiger partial charge in [0.15, 0.2) is 0 Å². The zero-order valence-corrected chi connectivity index (χ0v) is 12.0. The Morgan fingerprint density at radius 2 is 1.94 bits per heavy atom. The zero-order valence-electron chi connectivity index (χ0n) is 9.06. The minimum Gasteiger partial charge on any atom is -0.207 e. The van der Waals surface area contributed by atoms with Crippen molar-refractivity contribution in [1.29, 1.82) is 0 Å². The van der Waals surface area contributed by atoms with Crippen molar-refractivity contribution in [2.45, 2.75) is 30.7 Å². The van der Waals surface area contributed by atoms with Crippen LogP contribution in [0.3, 0.4) is 0 Å². The van der Waals surface area contributed by atoms with E-state index >= 15 is 0 Å². The van der Waals surface area contributed by atoms with Gasteiger partial charge in [0.1, 0.15) is 0 Å². The first-order valence-corrected chi connectivity index (χ1v) is 7.81. The molecule has 0 radical (unpaired) electrons. The topological polar surface area (TPSA) is 37.4 Å². The number of hydrogen-bond donors (Lipinski definition) is 0. The second kappa shape index (κ2) is 4.62. The van der Waals surface area contributed by atoms with Crippen molar-refractivity contribution in [3.8, 4) is 0 Å². The van der Waals surface area contributed by atoms with Crippen molar-refractivity contribution in [1.82, 2.24) is 4.31 Å². The first-order chi connectivity index (χ1) is 7.51. The maximum Gasteiger partial charge on any atom is 0.243 e. The Balaban J connectivity index is 2.35. The largest absolute Gasteiger partial charge is 0.243 e. The summed E-state index contributed by atoms with van der Waals surface area (Å²) < 4.78 is 27.2. The van der Waals surface area contributed by atoms with E-state index in [9.17, 15) is 8.42 Å². The van der Waals surface area contributed by atoms with Crippen LogP contribution in [0.25, 0.3) is 0 Å². The van der Waals surface area contributed by atoms with E-state index in [2.05, 4.69) is 22.6 Å². The van der Waals surface area contributed by atoms with E-state index in [0.717, 1.165) is 16.4 Å². The number of nitrogens with zero attached hydrogens (tertiary/aromatic N) is 1. The zero-order chi connectivity index (χ0) is 11.8. The molecule has 16 heavy (non-hydrogen) atoms. The predicted octanol–water partition coefficient (Wildman–Crippen LogP) is 2.46. The van der Waals surface area contributed by atoms with E-state index in [4.69, 9.17) is 0 Å². The van der Waals surface area contributed by atoms with Gasteiger partial charge in [-0.25, -0.2) is 8.42 Å². The number of rotatable bonds is 2. The minimum atomic E-state index is -3.27. The first-order valence-electron chi connectivity index (χ1n) is 5.29. The van der Waals surface area contributed by atoms with Gasteiger partial charge >= 0.3 is 0 Å². The minimum absolute atomic E-state index is 0.129. The Kier molecular flexibility index (Phi) is 3.56. The molecule has 1 saturated heterocycles. The molecule has 5 heteroatoms.